The van der Waals surface area contributed by atoms with Crippen molar-refractivity contribution in [1.29, 1.82) is 5.26 Å². The van der Waals surface area contributed by atoms with Crippen molar-refractivity contribution in [3.8, 4) is 6.07 Å². The summed E-state index contributed by atoms with van der Waals surface area (Å²) < 4.78 is 16.2. The fourth-order valence-corrected chi connectivity index (χ4v) is 7.81. The van der Waals surface area contributed by atoms with Crippen LogP contribution in [0.25, 0.3) is 0 Å². The molecular formula is C24H18ClN4OPS. The monoisotopic (exact) mass is 476 g/mol. The number of rotatable bonds is 5. The number of nitrogens with one attached hydrogen (secondary N) is 1. The van der Waals surface area contributed by atoms with Gasteiger partial charge in [0.15, 0.2) is 5.82 Å². The van der Waals surface area contributed by atoms with Crippen LogP contribution in [0, 0.1) is 11.3 Å². The number of nitrogens with zero attached hydrogens (tertiary/aromatic N) is 3. The number of anilines is 1. The minimum atomic E-state index is -3.29. The molecule has 5 nitrogen and oxygen atoms in total. The minimum absolute atomic E-state index is 0.415. The first kappa shape index (κ1) is 20.9. The predicted octanol–water partition coefficient (Wildman–Crippen LogP) is 6.28. The van der Waals surface area contributed by atoms with Gasteiger partial charge in [0.2, 0.25) is 7.29 Å². The highest BCUT2D eigenvalue weighted by Gasteiger charge is 2.48. The molecule has 158 valence electrons. The molecule has 0 radical (unpaired) electrons. The quantitative estimate of drug-likeness (QED) is 0.271. The molecule has 4 aromatic rings. The minimum Gasteiger partial charge on any atom is -0.353 e. The van der Waals surface area contributed by atoms with Crippen molar-refractivity contribution in [3.63, 3.8) is 0 Å². The molecule has 1 N–H and O–H groups in total. The van der Waals surface area contributed by atoms with Gasteiger partial charge in [-0.05, 0) is 35.4 Å². The lowest BCUT2D eigenvalue weighted by Gasteiger charge is -2.22. The summed E-state index contributed by atoms with van der Waals surface area (Å²) in [5, 5.41) is 19.9. The summed E-state index contributed by atoms with van der Waals surface area (Å²) in [6.45, 7) is 0. The van der Waals surface area contributed by atoms with Gasteiger partial charge in [-0.15, -0.1) is 0 Å². The van der Waals surface area contributed by atoms with E-state index in [0.717, 1.165) is 11.1 Å². The number of fused-ring (bicyclic) bond motifs is 1. The van der Waals surface area contributed by atoms with Gasteiger partial charge in [0.25, 0.3) is 0 Å². The fourth-order valence-electron chi connectivity index (χ4n) is 3.82. The molecule has 0 spiro atoms. The molecule has 0 saturated heterocycles. The number of hydrogen-bond donors (Lipinski definition) is 1. The molecule has 0 bridgehead atoms. The van der Waals surface area contributed by atoms with E-state index < -0.39 is 13.1 Å². The van der Waals surface area contributed by atoms with Crippen molar-refractivity contribution in [2.75, 3.05) is 5.32 Å². The SMILES string of the molecule is N#Cc1c(SCc2ccccc2)nn2c1NC(c1ccc(Cl)cc1)P2(=O)c1ccccc1. The Labute approximate surface area is 195 Å². The van der Waals surface area contributed by atoms with Gasteiger partial charge in [0, 0.05) is 16.1 Å². The van der Waals surface area contributed by atoms with Gasteiger partial charge >= 0.3 is 0 Å². The molecule has 1 aliphatic rings. The highest BCUT2D eigenvalue weighted by Crippen LogP contribution is 2.65. The molecular weight excluding hydrogens is 459 g/mol. The number of aromatic nitrogens is 2. The van der Waals surface area contributed by atoms with Crippen LogP contribution in [0.2, 0.25) is 5.02 Å². The van der Waals surface area contributed by atoms with E-state index in [1.54, 1.807) is 16.6 Å². The van der Waals surface area contributed by atoms with Crippen LogP contribution >= 0.6 is 30.7 Å². The summed E-state index contributed by atoms with van der Waals surface area (Å²) in [6, 6.07) is 28.9. The summed E-state index contributed by atoms with van der Waals surface area (Å²) in [7, 11) is -3.29. The predicted molar refractivity (Wildman–Crippen MR) is 130 cm³/mol. The Bertz CT molecular complexity index is 1350. The van der Waals surface area contributed by atoms with E-state index in [4.69, 9.17) is 16.7 Å². The first-order valence-corrected chi connectivity index (χ1v) is 13.1. The zero-order chi connectivity index (χ0) is 22.1. The molecule has 0 amide bonds. The van der Waals surface area contributed by atoms with E-state index in [-0.39, 0.29) is 0 Å². The maximum Gasteiger partial charge on any atom is 0.247 e. The summed E-state index contributed by atoms with van der Waals surface area (Å²) in [5.74, 6) is 0.627. The molecule has 1 aromatic heterocycles. The molecule has 2 unspecified atom stereocenters. The third-order valence-electron chi connectivity index (χ3n) is 5.38. The number of nitriles is 1. The molecule has 32 heavy (non-hydrogen) atoms. The van der Waals surface area contributed by atoms with Crippen molar-refractivity contribution in [1.82, 2.24) is 9.55 Å². The van der Waals surface area contributed by atoms with Crippen molar-refractivity contribution in [2.45, 2.75) is 16.6 Å². The second-order valence-corrected chi connectivity index (χ2v) is 11.4. The average molecular weight is 477 g/mol. The maximum atomic E-state index is 14.7. The van der Waals surface area contributed by atoms with Gasteiger partial charge in [-0.3, -0.25) is 4.57 Å². The van der Waals surface area contributed by atoms with Crippen molar-refractivity contribution in [2.24, 2.45) is 0 Å². The molecule has 5 rings (SSSR count). The second kappa shape index (κ2) is 8.52. The number of benzene rings is 3. The number of thioether (sulfide) groups is 1. The van der Waals surface area contributed by atoms with Crippen LogP contribution < -0.4 is 10.6 Å². The van der Waals surface area contributed by atoms with Crippen LogP contribution in [0.3, 0.4) is 0 Å². The summed E-state index contributed by atoms with van der Waals surface area (Å²) in [5.41, 5.74) is 2.38. The van der Waals surface area contributed by atoms with Crippen molar-refractivity contribution < 1.29 is 4.57 Å². The second-order valence-electron chi connectivity index (χ2n) is 7.36. The van der Waals surface area contributed by atoms with E-state index in [1.807, 2.05) is 72.8 Å². The third-order valence-corrected chi connectivity index (χ3v) is 9.69. The Morgan fingerprint density at radius 1 is 1.03 bits per heavy atom. The van der Waals surface area contributed by atoms with Crippen LogP contribution in [-0.4, -0.2) is 9.55 Å². The normalized spacial score (nSPS) is 19.2. The lowest BCUT2D eigenvalue weighted by Crippen LogP contribution is -2.16. The number of halogens is 1. The Morgan fingerprint density at radius 3 is 2.34 bits per heavy atom. The molecule has 1 aliphatic heterocycles. The van der Waals surface area contributed by atoms with Gasteiger partial charge in [0.05, 0.1) is 0 Å². The van der Waals surface area contributed by atoms with E-state index in [9.17, 15) is 9.83 Å². The number of hydrogen-bond acceptors (Lipinski definition) is 5. The molecule has 0 fully saturated rings. The molecule has 3 aromatic carbocycles. The first-order valence-electron chi connectivity index (χ1n) is 9.99. The van der Waals surface area contributed by atoms with Gasteiger partial charge < -0.3 is 5.32 Å². The largest absolute Gasteiger partial charge is 0.353 e. The van der Waals surface area contributed by atoms with Gasteiger partial charge in [-0.1, -0.05) is 84.0 Å². The first-order chi connectivity index (χ1) is 15.6. The Morgan fingerprint density at radius 2 is 1.69 bits per heavy atom. The molecule has 2 heterocycles. The molecule has 8 heteroatoms. The highest BCUT2D eigenvalue weighted by molar-refractivity contribution is 7.98. The van der Waals surface area contributed by atoms with Crippen LogP contribution in [-0.2, 0) is 10.3 Å². The Balaban J connectivity index is 1.60. The summed E-state index contributed by atoms with van der Waals surface area (Å²) in [6.07, 6.45) is 0. The van der Waals surface area contributed by atoms with E-state index >= 15 is 0 Å². The van der Waals surface area contributed by atoms with Crippen LogP contribution in [0.4, 0.5) is 5.82 Å². The van der Waals surface area contributed by atoms with E-state index in [0.29, 0.717) is 32.5 Å². The van der Waals surface area contributed by atoms with Crippen molar-refractivity contribution >= 4 is 41.8 Å². The zero-order valence-electron chi connectivity index (χ0n) is 16.9. The lowest BCUT2D eigenvalue weighted by atomic mass is 10.2. The lowest BCUT2D eigenvalue weighted by molar-refractivity contribution is 0.568. The Hall–Kier alpha value is -2.97. The smallest absolute Gasteiger partial charge is 0.247 e. The van der Waals surface area contributed by atoms with E-state index in [2.05, 4.69) is 11.4 Å². The average Bonchev–Trinajstić information content (AvgIpc) is 3.34. The van der Waals surface area contributed by atoms with Crippen LogP contribution in [0.15, 0.2) is 90.0 Å². The van der Waals surface area contributed by atoms with Crippen LogP contribution in [0.5, 0.6) is 0 Å². The topological polar surface area (TPSA) is 70.7 Å². The zero-order valence-corrected chi connectivity index (χ0v) is 19.3. The molecule has 0 saturated carbocycles. The third kappa shape index (κ3) is 3.53. The summed E-state index contributed by atoms with van der Waals surface area (Å²) >= 11 is 7.55. The molecule has 0 aliphatic carbocycles. The highest BCUT2D eigenvalue weighted by atomic mass is 35.5. The van der Waals surface area contributed by atoms with Gasteiger partial charge in [-0.25, -0.2) is 0 Å². The van der Waals surface area contributed by atoms with Crippen LogP contribution in [0.1, 0.15) is 22.5 Å². The van der Waals surface area contributed by atoms with Gasteiger partial charge in [-0.2, -0.15) is 14.8 Å². The van der Waals surface area contributed by atoms with E-state index in [1.165, 1.54) is 11.8 Å². The standard InChI is InChI=1S/C24H18ClN4OPS/c25-19-13-11-18(12-14-19)23-27-22-21(15-26)24(32-16-17-7-3-1-4-8-17)28-29(22)31(23,30)20-9-5-2-6-10-20/h1-14,23,27H,16H2. The molecule has 2 atom stereocenters. The summed E-state index contributed by atoms with van der Waals surface area (Å²) in [4.78, 5) is 0. The fraction of sp³-hybridized carbons (Fsp3) is 0.0833. The Kier molecular flexibility index (Phi) is 5.57. The van der Waals surface area contributed by atoms with Gasteiger partial charge in [0.1, 0.15) is 22.4 Å². The maximum absolute atomic E-state index is 14.7. The van der Waals surface area contributed by atoms with Crippen molar-refractivity contribution in [3.05, 3.63) is 107 Å².